The number of amides is 1. The van der Waals surface area contributed by atoms with Gasteiger partial charge in [-0.25, -0.2) is 10.4 Å². The zero-order valence-corrected chi connectivity index (χ0v) is 12.9. The summed E-state index contributed by atoms with van der Waals surface area (Å²) in [5, 5.41) is 3.62. The molecule has 0 aliphatic carbocycles. The summed E-state index contributed by atoms with van der Waals surface area (Å²) in [6.07, 6.45) is -1.98. The first-order valence-corrected chi connectivity index (χ1v) is 7.33. The lowest BCUT2D eigenvalue weighted by atomic mass is 10.1. The van der Waals surface area contributed by atoms with Crippen LogP contribution >= 0.6 is 0 Å². The summed E-state index contributed by atoms with van der Waals surface area (Å²) in [5.74, 6) is -0.469. The average Bonchev–Trinajstić information content (AvgIpc) is 2.97. The topological polar surface area (TPSA) is 59.3 Å². The van der Waals surface area contributed by atoms with Gasteiger partial charge in [-0.2, -0.15) is 18.3 Å². The normalized spacial score (nSPS) is 12.0. The fraction of sp³-hybridized carbons (Fsp3) is 0.118. The van der Waals surface area contributed by atoms with Gasteiger partial charge in [0, 0.05) is 5.56 Å². The number of fused-ring (bicyclic) bond motifs is 1. The Kier molecular flexibility index (Phi) is 4.51. The van der Waals surface area contributed by atoms with E-state index < -0.39 is 17.6 Å². The number of hydrogen-bond acceptors (Lipinski definition) is 3. The summed E-state index contributed by atoms with van der Waals surface area (Å²) in [5.41, 5.74) is 2.82. The number of para-hydroxylation sites is 2. The molecule has 8 heteroatoms. The van der Waals surface area contributed by atoms with Crippen LogP contribution in [0.25, 0.3) is 11.0 Å². The van der Waals surface area contributed by atoms with Crippen LogP contribution in [0.2, 0.25) is 0 Å². The molecule has 3 rings (SSSR count). The second kappa shape index (κ2) is 6.76. The van der Waals surface area contributed by atoms with Gasteiger partial charge in [0.05, 0.1) is 29.1 Å². The van der Waals surface area contributed by atoms with Crippen molar-refractivity contribution in [2.45, 2.75) is 12.7 Å². The Morgan fingerprint density at radius 2 is 1.88 bits per heavy atom. The Bertz CT molecular complexity index is 931. The molecule has 1 aromatic heterocycles. The van der Waals surface area contributed by atoms with Crippen molar-refractivity contribution in [1.29, 1.82) is 0 Å². The minimum Gasteiger partial charge on any atom is -0.321 e. The molecule has 0 unspecified atom stereocenters. The first-order valence-electron chi connectivity index (χ1n) is 7.33. The highest BCUT2D eigenvalue weighted by Gasteiger charge is 2.32. The second-order valence-corrected chi connectivity index (χ2v) is 5.24. The van der Waals surface area contributed by atoms with E-state index in [0.29, 0.717) is 0 Å². The average molecular weight is 346 g/mol. The third kappa shape index (κ3) is 3.85. The zero-order valence-electron chi connectivity index (χ0n) is 12.9. The number of carbonyl (C=O) groups is 1. The summed E-state index contributed by atoms with van der Waals surface area (Å²) >= 11 is 0. The van der Waals surface area contributed by atoms with Crippen LogP contribution in [-0.2, 0) is 17.5 Å². The molecule has 0 aliphatic rings. The highest BCUT2D eigenvalue weighted by atomic mass is 19.4. The van der Waals surface area contributed by atoms with Crippen LogP contribution in [0.3, 0.4) is 0 Å². The largest absolute Gasteiger partial charge is 0.417 e. The molecule has 0 fully saturated rings. The van der Waals surface area contributed by atoms with Crippen LogP contribution in [0.1, 0.15) is 11.1 Å². The van der Waals surface area contributed by atoms with Crippen molar-refractivity contribution >= 4 is 23.2 Å². The molecule has 128 valence electrons. The highest BCUT2D eigenvalue weighted by molar-refractivity contribution is 5.84. The number of alkyl halides is 3. The number of aromatic nitrogens is 2. The number of rotatable bonds is 4. The van der Waals surface area contributed by atoms with E-state index in [1.54, 1.807) is 4.57 Å². The summed E-state index contributed by atoms with van der Waals surface area (Å²) in [7, 11) is 0. The van der Waals surface area contributed by atoms with Gasteiger partial charge in [-0.05, 0) is 18.2 Å². The van der Waals surface area contributed by atoms with Crippen molar-refractivity contribution in [1.82, 2.24) is 15.0 Å². The molecule has 0 saturated heterocycles. The lowest BCUT2D eigenvalue weighted by Crippen LogP contribution is -2.23. The van der Waals surface area contributed by atoms with Gasteiger partial charge in [0.2, 0.25) is 0 Å². The maximum Gasteiger partial charge on any atom is 0.417 e. The van der Waals surface area contributed by atoms with Crippen molar-refractivity contribution in [3.05, 3.63) is 66.0 Å². The van der Waals surface area contributed by atoms with Gasteiger partial charge in [-0.15, -0.1) is 0 Å². The third-order valence-corrected chi connectivity index (χ3v) is 3.50. The van der Waals surface area contributed by atoms with E-state index in [4.69, 9.17) is 0 Å². The second-order valence-electron chi connectivity index (χ2n) is 5.24. The van der Waals surface area contributed by atoms with Gasteiger partial charge in [-0.1, -0.05) is 30.3 Å². The molecule has 2 aromatic carbocycles. The van der Waals surface area contributed by atoms with Gasteiger partial charge in [0.15, 0.2) is 0 Å². The van der Waals surface area contributed by atoms with Crippen LogP contribution in [0.5, 0.6) is 0 Å². The molecular formula is C17H13F3N4O. The van der Waals surface area contributed by atoms with Crippen LogP contribution in [0.15, 0.2) is 60.0 Å². The molecule has 0 radical (unpaired) electrons. The molecule has 0 aliphatic heterocycles. The minimum absolute atomic E-state index is 0.0429. The predicted molar refractivity (Wildman–Crippen MR) is 86.9 cm³/mol. The number of imidazole rings is 1. The van der Waals surface area contributed by atoms with E-state index in [0.717, 1.165) is 23.3 Å². The van der Waals surface area contributed by atoms with E-state index in [9.17, 15) is 18.0 Å². The van der Waals surface area contributed by atoms with E-state index in [1.165, 1.54) is 24.5 Å². The van der Waals surface area contributed by atoms with Gasteiger partial charge in [-0.3, -0.25) is 4.79 Å². The van der Waals surface area contributed by atoms with Gasteiger partial charge >= 0.3 is 6.18 Å². The lowest BCUT2D eigenvalue weighted by Gasteiger charge is -2.09. The van der Waals surface area contributed by atoms with Crippen molar-refractivity contribution in [2.75, 3.05) is 0 Å². The molecule has 1 N–H and O–H groups in total. The molecule has 0 bridgehead atoms. The molecule has 1 amide bonds. The summed E-state index contributed by atoms with van der Waals surface area (Å²) in [6, 6.07) is 12.3. The molecule has 0 atom stereocenters. The van der Waals surface area contributed by atoms with Crippen molar-refractivity contribution in [2.24, 2.45) is 5.10 Å². The Morgan fingerprint density at radius 1 is 1.16 bits per heavy atom. The maximum absolute atomic E-state index is 12.9. The minimum atomic E-state index is -4.48. The standard InChI is InChI=1S/C17H13F3N4O/c18-17(19,20)13-6-2-1-5-12(13)9-22-23-16(25)10-24-11-21-14-7-3-4-8-15(14)24/h1-9,11H,10H2,(H,23,25)/b22-9-. The number of halogens is 3. The number of hydrogen-bond donors (Lipinski definition) is 1. The Morgan fingerprint density at radius 3 is 2.68 bits per heavy atom. The van der Waals surface area contributed by atoms with E-state index in [-0.39, 0.29) is 12.1 Å². The number of hydrazone groups is 1. The van der Waals surface area contributed by atoms with E-state index in [1.807, 2.05) is 24.3 Å². The maximum atomic E-state index is 12.9. The monoisotopic (exact) mass is 346 g/mol. The van der Waals surface area contributed by atoms with Crippen molar-refractivity contribution < 1.29 is 18.0 Å². The number of carbonyl (C=O) groups excluding carboxylic acids is 1. The van der Waals surface area contributed by atoms with Crippen LogP contribution in [0.4, 0.5) is 13.2 Å². The SMILES string of the molecule is O=C(Cn1cnc2ccccc21)N/N=C\c1ccccc1C(F)(F)F. The van der Waals surface area contributed by atoms with Crippen LogP contribution < -0.4 is 5.43 Å². The highest BCUT2D eigenvalue weighted by Crippen LogP contribution is 2.31. The van der Waals surface area contributed by atoms with E-state index >= 15 is 0 Å². The van der Waals surface area contributed by atoms with Gasteiger partial charge < -0.3 is 4.57 Å². The quantitative estimate of drug-likeness (QED) is 0.583. The summed E-state index contributed by atoms with van der Waals surface area (Å²) in [4.78, 5) is 16.1. The van der Waals surface area contributed by atoms with E-state index in [2.05, 4.69) is 15.5 Å². The Labute approximate surface area is 140 Å². The zero-order chi connectivity index (χ0) is 17.9. The molecule has 25 heavy (non-hydrogen) atoms. The van der Waals surface area contributed by atoms with Crippen LogP contribution in [-0.4, -0.2) is 21.7 Å². The molecule has 5 nitrogen and oxygen atoms in total. The molecule has 0 spiro atoms. The van der Waals surface area contributed by atoms with Crippen molar-refractivity contribution in [3.8, 4) is 0 Å². The lowest BCUT2D eigenvalue weighted by molar-refractivity contribution is -0.137. The number of nitrogens with zero attached hydrogens (tertiary/aromatic N) is 3. The first-order chi connectivity index (χ1) is 11.9. The fourth-order valence-electron chi connectivity index (χ4n) is 2.37. The fourth-order valence-corrected chi connectivity index (χ4v) is 2.37. The van der Waals surface area contributed by atoms with Gasteiger partial charge in [0.1, 0.15) is 6.54 Å². The molecule has 3 aromatic rings. The van der Waals surface area contributed by atoms with Crippen LogP contribution in [0, 0.1) is 0 Å². The summed E-state index contributed by atoms with van der Waals surface area (Å²) < 4.78 is 40.3. The van der Waals surface area contributed by atoms with Crippen molar-refractivity contribution in [3.63, 3.8) is 0 Å². The first kappa shape index (κ1) is 16.7. The predicted octanol–water partition coefficient (Wildman–Crippen LogP) is 3.21. The summed E-state index contributed by atoms with van der Waals surface area (Å²) in [6.45, 7) is -0.0429. The smallest absolute Gasteiger partial charge is 0.321 e. The molecular weight excluding hydrogens is 333 g/mol. The Hall–Kier alpha value is -3.16. The molecule has 0 saturated carbocycles. The molecule has 1 heterocycles. The number of nitrogens with one attached hydrogen (secondary N) is 1. The number of benzene rings is 2. The Balaban J connectivity index is 1.68. The van der Waals surface area contributed by atoms with Gasteiger partial charge in [0.25, 0.3) is 5.91 Å². The third-order valence-electron chi connectivity index (χ3n) is 3.50.